The van der Waals surface area contributed by atoms with Crippen molar-refractivity contribution < 1.29 is 14.3 Å². The van der Waals surface area contributed by atoms with Gasteiger partial charge in [0.15, 0.2) is 0 Å². The Kier molecular flexibility index (Phi) is 5.49. The van der Waals surface area contributed by atoms with E-state index in [1.165, 1.54) is 0 Å². The SMILES string of the molecule is COc1ccc(C(CC(=O)N2CCOCC2)c2ccccc2)cc1. The Morgan fingerprint density at radius 2 is 1.67 bits per heavy atom. The third-order valence-electron chi connectivity index (χ3n) is 4.46. The predicted octanol–water partition coefficient (Wildman–Crippen LogP) is 3.08. The Bertz CT molecular complexity index is 648. The molecule has 2 aromatic rings. The van der Waals surface area contributed by atoms with Gasteiger partial charge in [0, 0.05) is 25.4 Å². The van der Waals surface area contributed by atoms with Gasteiger partial charge in [-0.15, -0.1) is 0 Å². The molecule has 1 atom stereocenters. The Morgan fingerprint density at radius 1 is 1.04 bits per heavy atom. The summed E-state index contributed by atoms with van der Waals surface area (Å²) in [6, 6.07) is 18.2. The van der Waals surface area contributed by atoms with Crippen LogP contribution in [0.15, 0.2) is 54.6 Å². The van der Waals surface area contributed by atoms with Crippen LogP contribution in [0.25, 0.3) is 0 Å². The molecule has 0 saturated carbocycles. The molecule has 1 aliphatic rings. The van der Waals surface area contributed by atoms with Crippen molar-refractivity contribution >= 4 is 5.91 Å². The molecule has 4 heteroatoms. The first-order valence-corrected chi connectivity index (χ1v) is 8.32. The van der Waals surface area contributed by atoms with Crippen LogP contribution in [0.3, 0.4) is 0 Å². The van der Waals surface area contributed by atoms with Crippen LogP contribution in [-0.2, 0) is 9.53 Å². The summed E-state index contributed by atoms with van der Waals surface area (Å²) >= 11 is 0. The number of benzene rings is 2. The van der Waals surface area contributed by atoms with Crippen molar-refractivity contribution in [3.8, 4) is 5.75 Å². The zero-order chi connectivity index (χ0) is 16.8. The van der Waals surface area contributed by atoms with Crippen LogP contribution in [0, 0.1) is 0 Å². The van der Waals surface area contributed by atoms with Crippen molar-refractivity contribution in [1.82, 2.24) is 4.90 Å². The highest BCUT2D eigenvalue weighted by Crippen LogP contribution is 2.30. The molecule has 24 heavy (non-hydrogen) atoms. The molecule has 0 aromatic heterocycles. The third kappa shape index (κ3) is 3.95. The van der Waals surface area contributed by atoms with Crippen LogP contribution < -0.4 is 4.74 Å². The van der Waals surface area contributed by atoms with Gasteiger partial charge in [0.2, 0.25) is 5.91 Å². The topological polar surface area (TPSA) is 38.8 Å². The number of rotatable bonds is 5. The van der Waals surface area contributed by atoms with Crippen molar-refractivity contribution in [3.63, 3.8) is 0 Å². The van der Waals surface area contributed by atoms with Crippen LogP contribution in [0.4, 0.5) is 0 Å². The first kappa shape index (κ1) is 16.5. The van der Waals surface area contributed by atoms with Gasteiger partial charge >= 0.3 is 0 Å². The highest BCUT2D eigenvalue weighted by Gasteiger charge is 2.23. The molecule has 0 aliphatic carbocycles. The van der Waals surface area contributed by atoms with Crippen LogP contribution >= 0.6 is 0 Å². The second-order valence-electron chi connectivity index (χ2n) is 5.93. The lowest BCUT2D eigenvalue weighted by molar-refractivity contribution is -0.135. The van der Waals surface area contributed by atoms with Crippen LogP contribution in [0.2, 0.25) is 0 Å². The van der Waals surface area contributed by atoms with Crippen LogP contribution in [0.5, 0.6) is 5.75 Å². The molecule has 1 saturated heterocycles. The number of ether oxygens (including phenoxy) is 2. The van der Waals surface area contributed by atoms with Crippen molar-refractivity contribution in [2.24, 2.45) is 0 Å². The number of nitrogens with zero attached hydrogens (tertiary/aromatic N) is 1. The predicted molar refractivity (Wildman–Crippen MR) is 93.3 cm³/mol. The van der Waals surface area contributed by atoms with Gasteiger partial charge in [0.25, 0.3) is 0 Å². The maximum Gasteiger partial charge on any atom is 0.223 e. The number of amides is 1. The van der Waals surface area contributed by atoms with Gasteiger partial charge in [-0.25, -0.2) is 0 Å². The van der Waals surface area contributed by atoms with E-state index in [1.54, 1.807) is 7.11 Å². The molecule has 0 N–H and O–H groups in total. The van der Waals surface area contributed by atoms with Gasteiger partial charge in [0.1, 0.15) is 5.75 Å². The highest BCUT2D eigenvalue weighted by atomic mass is 16.5. The molecule has 0 bridgehead atoms. The molecular weight excluding hydrogens is 302 g/mol. The molecule has 1 unspecified atom stereocenters. The number of hydrogen-bond acceptors (Lipinski definition) is 3. The van der Waals surface area contributed by atoms with Gasteiger partial charge in [-0.3, -0.25) is 4.79 Å². The van der Waals surface area contributed by atoms with E-state index in [9.17, 15) is 4.79 Å². The quantitative estimate of drug-likeness (QED) is 0.848. The average Bonchev–Trinajstić information content (AvgIpc) is 2.67. The Balaban J connectivity index is 1.83. The van der Waals surface area contributed by atoms with Crippen molar-refractivity contribution in [2.45, 2.75) is 12.3 Å². The number of carbonyl (C=O) groups excluding carboxylic acids is 1. The van der Waals surface area contributed by atoms with E-state index in [2.05, 4.69) is 12.1 Å². The normalized spacial score (nSPS) is 15.8. The first-order chi connectivity index (χ1) is 11.8. The Labute approximate surface area is 143 Å². The van der Waals surface area contributed by atoms with E-state index < -0.39 is 0 Å². The zero-order valence-electron chi connectivity index (χ0n) is 14.0. The smallest absolute Gasteiger partial charge is 0.223 e. The number of hydrogen-bond donors (Lipinski definition) is 0. The summed E-state index contributed by atoms with van der Waals surface area (Å²) in [5, 5.41) is 0. The van der Waals surface area contributed by atoms with E-state index >= 15 is 0 Å². The van der Waals surface area contributed by atoms with Crippen molar-refractivity contribution in [1.29, 1.82) is 0 Å². The van der Waals surface area contributed by atoms with E-state index in [4.69, 9.17) is 9.47 Å². The molecule has 1 amide bonds. The molecule has 3 rings (SSSR count). The lowest BCUT2D eigenvalue weighted by Gasteiger charge is -2.29. The molecule has 1 aliphatic heterocycles. The molecule has 1 fully saturated rings. The van der Waals surface area contributed by atoms with Crippen molar-refractivity contribution in [3.05, 3.63) is 65.7 Å². The zero-order valence-corrected chi connectivity index (χ0v) is 14.0. The second kappa shape index (κ2) is 7.97. The molecular formula is C20H23NO3. The third-order valence-corrected chi connectivity index (χ3v) is 4.46. The van der Waals surface area contributed by atoms with E-state index in [0.29, 0.717) is 32.7 Å². The molecule has 2 aromatic carbocycles. The molecule has 0 radical (unpaired) electrons. The largest absolute Gasteiger partial charge is 0.497 e. The van der Waals surface area contributed by atoms with Crippen molar-refractivity contribution in [2.75, 3.05) is 33.4 Å². The van der Waals surface area contributed by atoms with E-state index in [-0.39, 0.29) is 11.8 Å². The summed E-state index contributed by atoms with van der Waals surface area (Å²) in [5.41, 5.74) is 2.29. The lowest BCUT2D eigenvalue weighted by Crippen LogP contribution is -2.41. The van der Waals surface area contributed by atoms with Gasteiger partial charge in [-0.1, -0.05) is 42.5 Å². The highest BCUT2D eigenvalue weighted by molar-refractivity contribution is 5.78. The number of carbonyl (C=O) groups is 1. The fraction of sp³-hybridized carbons (Fsp3) is 0.350. The fourth-order valence-corrected chi connectivity index (χ4v) is 3.07. The molecule has 0 spiro atoms. The minimum atomic E-state index is 0.0486. The minimum Gasteiger partial charge on any atom is -0.497 e. The van der Waals surface area contributed by atoms with Gasteiger partial charge in [-0.2, -0.15) is 0 Å². The van der Waals surface area contributed by atoms with E-state index in [0.717, 1.165) is 16.9 Å². The summed E-state index contributed by atoms with van der Waals surface area (Å²) in [7, 11) is 1.66. The lowest BCUT2D eigenvalue weighted by atomic mass is 9.88. The summed E-state index contributed by atoms with van der Waals surface area (Å²) < 4.78 is 10.6. The average molecular weight is 325 g/mol. The Hall–Kier alpha value is -2.33. The maximum atomic E-state index is 12.7. The summed E-state index contributed by atoms with van der Waals surface area (Å²) in [5.74, 6) is 1.06. The molecule has 126 valence electrons. The monoisotopic (exact) mass is 325 g/mol. The second-order valence-corrected chi connectivity index (χ2v) is 5.93. The van der Waals surface area contributed by atoms with Gasteiger partial charge in [0.05, 0.1) is 20.3 Å². The first-order valence-electron chi connectivity index (χ1n) is 8.32. The van der Waals surface area contributed by atoms with Crippen LogP contribution in [0.1, 0.15) is 23.5 Å². The molecule has 1 heterocycles. The number of methoxy groups -OCH3 is 1. The Morgan fingerprint density at radius 3 is 2.29 bits per heavy atom. The minimum absolute atomic E-state index is 0.0486. The van der Waals surface area contributed by atoms with Gasteiger partial charge < -0.3 is 14.4 Å². The summed E-state index contributed by atoms with van der Waals surface area (Å²) in [6.45, 7) is 2.63. The summed E-state index contributed by atoms with van der Waals surface area (Å²) in [4.78, 5) is 14.6. The summed E-state index contributed by atoms with van der Waals surface area (Å²) in [6.07, 6.45) is 0.469. The maximum absolute atomic E-state index is 12.7. The van der Waals surface area contributed by atoms with E-state index in [1.807, 2.05) is 47.4 Å². The fourth-order valence-electron chi connectivity index (χ4n) is 3.07. The van der Waals surface area contributed by atoms with Gasteiger partial charge in [-0.05, 0) is 23.3 Å². The van der Waals surface area contributed by atoms with Crippen LogP contribution in [-0.4, -0.2) is 44.2 Å². The number of morpholine rings is 1. The molecule has 4 nitrogen and oxygen atoms in total. The standard InChI is InChI=1S/C20H23NO3/c1-23-18-9-7-17(8-10-18)19(16-5-3-2-4-6-16)15-20(22)21-11-13-24-14-12-21/h2-10,19H,11-15H2,1H3.